The van der Waals surface area contributed by atoms with Crippen LogP contribution in [0.5, 0.6) is 0 Å². The summed E-state index contributed by atoms with van der Waals surface area (Å²) >= 11 is 1.21. The van der Waals surface area contributed by atoms with E-state index in [9.17, 15) is 14.4 Å². The highest BCUT2D eigenvalue weighted by atomic mass is 32.1. The van der Waals surface area contributed by atoms with Crippen molar-refractivity contribution >= 4 is 40.2 Å². The summed E-state index contributed by atoms with van der Waals surface area (Å²) in [5, 5.41) is 5.62. The van der Waals surface area contributed by atoms with Crippen molar-refractivity contribution in [1.29, 1.82) is 0 Å². The van der Waals surface area contributed by atoms with E-state index in [0.717, 1.165) is 5.56 Å². The highest BCUT2D eigenvalue weighted by molar-refractivity contribution is 7.15. The van der Waals surface area contributed by atoms with E-state index < -0.39 is 23.8 Å². The number of carbonyl (C=O) groups excluding carboxylic acids is 3. The number of nitrogens with one attached hydrogen (secondary N) is 2. The Morgan fingerprint density at radius 1 is 1.18 bits per heavy atom. The molecule has 1 heterocycles. The molecule has 2 rings (SSSR count). The van der Waals surface area contributed by atoms with E-state index in [1.54, 1.807) is 19.1 Å². The minimum Gasteiger partial charge on any atom is -0.466 e. The van der Waals surface area contributed by atoms with Crippen LogP contribution in [-0.4, -0.2) is 41.9 Å². The molecule has 0 aliphatic carbocycles. The number of esters is 1. The van der Waals surface area contributed by atoms with Gasteiger partial charge in [0.05, 0.1) is 25.6 Å². The Hall–Kier alpha value is -3.47. The van der Waals surface area contributed by atoms with E-state index in [4.69, 9.17) is 16.2 Å². The van der Waals surface area contributed by atoms with Crippen molar-refractivity contribution in [2.75, 3.05) is 13.2 Å². The molecule has 11 heteroatoms. The first kappa shape index (κ1) is 25.8. The number of thiazole rings is 1. The van der Waals surface area contributed by atoms with Crippen molar-refractivity contribution in [3.8, 4) is 0 Å². The van der Waals surface area contributed by atoms with Gasteiger partial charge in [0.1, 0.15) is 5.69 Å². The molecule has 33 heavy (non-hydrogen) atoms. The number of nitrogens with two attached hydrogens (primary N) is 2. The quantitative estimate of drug-likeness (QED) is 0.245. The molecule has 1 aromatic heterocycles. The smallest absolute Gasteiger partial charge is 0.308 e. The zero-order valence-corrected chi connectivity index (χ0v) is 20.0. The molecule has 1 unspecified atom stereocenters. The van der Waals surface area contributed by atoms with E-state index in [1.807, 2.05) is 39.0 Å². The molecule has 178 valence electrons. The first-order valence-corrected chi connectivity index (χ1v) is 11.2. The lowest BCUT2D eigenvalue weighted by molar-refractivity contribution is -0.143. The van der Waals surface area contributed by atoms with Crippen LogP contribution in [0.4, 0.5) is 5.13 Å². The van der Waals surface area contributed by atoms with Gasteiger partial charge in [-0.05, 0) is 17.9 Å². The maximum atomic E-state index is 12.8. The number of aromatic nitrogens is 1. The van der Waals surface area contributed by atoms with Crippen LogP contribution in [0.1, 0.15) is 61.1 Å². The second kappa shape index (κ2) is 11.4. The number of rotatable bonds is 9. The third-order valence-corrected chi connectivity index (χ3v) is 5.73. The molecule has 10 nitrogen and oxygen atoms in total. The number of aliphatic imine (C=N–C) groups is 1. The van der Waals surface area contributed by atoms with E-state index in [1.165, 1.54) is 11.3 Å². The summed E-state index contributed by atoms with van der Waals surface area (Å²) in [7, 11) is 0. The van der Waals surface area contributed by atoms with Crippen LogP contribution >= 0.6 is 11.3 Å². The molecule has 2 aromatic rings. The van der Waals surface area contributed by atoms with Gasteiger partial charge in [-0.1, -0.05) is 62.4 Å². The lowest BCUT2D eigenvalue weighted by atomic mass is 9.93. The van der Waals surface area contributed by atoms with Gasteiger partial charge < -0.3 is 26.8 Å². The fourth-order valence-electron chi connectivity index (χ4n) is 2.94. The zero-order chi connectivity index (χ0) is 24.6. The number of benzene rings is 1. The molecule has 0 aliphatic rings. The van der Waals surface area contributed by atoms with Crippen molar-refractivity contribution in [3.05, 3.63) is 46.5 Å². The first-order chi connectivity index (χ1) is 15.5. The zero-order valence-electron chi connectivity index (χ0n) is 19.2. The molecule has 0 aliphatic heterocycles. The summed E-state index contributed by atoms with van der Waals surface area (Å²) in [6.45, 7) is 7.46. The van der Waals surface area contributed by atoms with Gasteiger partial charge >= 0.3 is 5.97 Å². The van der Waals surface area contributed by atoms with Crippen molar-refractivity contribution in [1.82, 2.24) is 15.6 Å². The summed E-state index contributed by atoms with van der Waals surface area (Å²) < 4.78 is 5.01. The summed E-state index contributed by atoms with van der Waals surface area (Å²) in [5.74, 6) is -1.58. The topological polar surface area (TPSA) is 162 Å². The Balaban J connectivity index is 2.11. The van der Waals surface area contributed by atoms with Crippen LogP contribution in [0.15, 0.2) is 35.3 Å². The Bertz CT molecular complexity index is 1010. The summed E-state index contributed by atoms with van der Waals surface area (Å²) in [5.41, 5.74) is 11.4. The first-order valence-electron chi connectivity index (χ1n) is 10.4. The minimum absolute atomic E-state index is 0.0281. The molecule has 0 saturated heterocycles. The van der Waals surface area contributed by atoms with Crippen molar-refractivity contribution in [2.24, 2.45) is 16.5 Å². The highest BCUT2D eigenvalue weighted by Crippen LogP contribution is 2.35. The minimum atomic E-state index is -0.590. The lowest BCUT2D eigenvalue weighted by Crippen LogP contribution is -2.40. The van der Waals surface area contributed by atoms with E-state index in [0.29, 0.717) is 4.88 Å². The van der Waals surface area contributed by atoms with Crippen molar-refractivity contribution in [2.45, 2.75) is 45.6 Å². The molecule has 0 saturated carbocycles. The monoisotopic (exact) mass is 474 g/mol. The number of guanidine groups is 1. The Kier molecular flexibility index (Phi) is 8.92. The number of carbonyl (C=O) groups is 3. The molecule has 0 fully saturated rings. The number of amides is 2. The van der Waals surface area contributed by atoms with Crippen LogP contribution in [0, 0.1) is 0 Å². The highest BCUT2D eigenvalue weighted by Gasteiger charge is 2.28. The summed E-state index contributed by atoms with van der Waals surface area (Å²) in [6.07, 6.45) is -0.0281. The summed E-state index contributed by atoms with van der Waals surface area (Å²) in [4.78, 5) is 46.2. The molecule has 2 amide bonds. The van der Waals surface area contributed by atoms with Gasteiger partial charge in [0, 0.05) is 4.88 Å². The average molecular weight is 475 g/mol. The Morgan fingerprint density at radius 3 is 2.42 bits per heavy atom. The Labute approximate surface area is 196 Å². The van der Waals surface area contributed by atoms with Gasteiger partial charge in [-0.25, -0.2) is 4.98 Å². The van der Waals surface area contributed by atoms with Crippen molar-refractivity contribution < 1.29 is 19.1 Å². The molecule has 6 N–H and O–H groups in total. The third-order valence-electron chi connectivity index (χ3n) is 4.36. The van der Waals surface area contributed by atoms with Crippen LogP contribution in [-0.2, 0) is 19.7 Å². The fourth-order valence-corrected chi connectivity index (χ4v) is 3.95. The number of hydrogen-bond donors (Lipinski definition) is 4. The normalized spacial score (nSPS) is 11.9. The molecular weight excluding hydrogens is 444 g/mol. The van der Waals surface area contributed by atoms with Gasteiger partial charge in [-0.3, -0.25) is 14.4 Å². The van der Waals surface area contributed by atoms with Gasteiger partial charge in [0.25, 0.3) is 5.91 Å². The second-order valence-corrected chi connectivity index (χ2v) is 9.16. The van der Waals surface area contributed by atoms with E-state index in [-0.39, 0.29) is 41.8 Å². The van der Waals surface area contributed by atoms with Gasteiger partial charge in [-0.2, -0.15) is 4.99 Å². The molecule has 0 radical (unpaired) electrons. The average Bonchev–Trinajstić information content (AvgIpc) is 3.16. The fraction of sp³-hybridized carbons (Fsp3) is 0.409. The maximum Gasteiger partial charge on any atom is 0.308 e. The number of nitrogens with zero attached hydrogens (tertiary/aromatic N) is 2. The second-order valence-electron chi connectivity index (χ2n) is 8.18. The molecule has 1 aromatic carbocycles. The van der Waals surface area contributed by atoms with Crippen LogP contribution in [0.25, 0.3) is 0 Å². The standard InChI is InChI=1S/C22H30N6O4S/c1-5-32-16(30)11-14(13-9-7-6-8-10-13)26-15(29)12-25-19(31)17-18(22(2,3)4)33-21(27-17)28-20(23)24/h6-10,14H,5,11-12H2,1-4H3,(H,25,31)(H,26,29)(H4,23,24,27,28). The third kappa shape index (κ3) is 7.86. The molecule has 0 spiro atoms. The van der Waals surface area contributed by atoms with Gasteiger partial charge in [-0.15, -0.1) is 0 Å². The Morgan fingerprint density at radius 2 is 1.85 bits per heavy atom. The summed E-state index contributed by atoms with van der Waals surface area (Å²) in [6, 6.07) is 8.48. The van der Waals surface area contributed by atoms with Crippen LogP contribution in [0.2, 0.25) is 0 Å². The molecule has 0 bridgehead atoms. The lowest BCUT2D eigenvalue weighted by Gasteiger charge is -2.19. The molecular formula is C22H30N6O4S. The van der Waals surface area contributed by atoms with E-state index in [2.05, 4.69) is 20.6 Å². The predicted octanol–water partition coefficient (Wildman–Crippen LogP) is 1.89. The number of hydrogen-bond acceptors (Lipinski definition) is 7. The van der Waals surface area contributed by atoms with Crippen LogP contribution < -0.4 is 22.1 Å². The van der Waals surface area contributed by atoms with E-state index >= 15 is 0 Å². The van der Waals surface area contributed by atoms with Crippen molar-refractivity contribution in [3.63, 3.8) is 0 Å². The number of ether oxygens (including phenoxy) is 1. The SMILES string of the molecule is CCOC(=O)CC(NC(=O)CNC(=O)c1nc(N=C(N)N)sc1C(C)(C)C)c1ccccc1. The maximum absolute atomic E-state index is 12.8. The predicted molar refractivity (Wildman–Crippen MR) is 127 cm³/mol. The van der Waals surface area contributed by atoms with Crippen LogP contribution in [0.3, 0.4) is 0 Å². The largest absolute Gasteiger partial charge is 0.466 e. The molecule has 1 atom stereocenters. The van der Waals surface area contributed by atoms with Gasteiger partial charge in [0.2, 0.25) is 11.0 Å². The van der Waals surface area contributed by atoms with Gasteiger partial charge in [0.15, 0.2) is 5.96 Å².